The molecule has 2 aromatic carbocycles. The Morgan fingerprint density at radius 3 is 1.91 bits per heavy atom. The number of nitrogens with zero attached hydrogens (tertiary/aromatic N) is 3. The number of amides is 3. The topological polar surface area (TPSA) is 143 Å². The van der Waals surface area contributed by atoms with E-state index in [1.54, 1.807) is 30.8 Å². The lowest BCUT2D eigenvalue weighted by atomic mass is 9.83. The highest BCUT2D eigenvalue weighted by Gasteiger charge is 2.43. The third kappa shape index (κ3) is 10.1. The molecule has 0 spiro atoms. The number of likely N-dealkylation sites (N-methyl/N-ethyl adjacent to an activating group) is 2. The number of ketones is 1. The van der Waals surface area contributed by atoms with E-state index in [9.17, 15) is 29.1 Å². The Labute approximate surface area is 345 Å². The molecule has 1 N–H and O–H groups in total. The van der Waals surface area contributed by atoms with Gasteiger partial charge < -0.3 is 34.0 Å². The van der Waals surface area contributed by atoms with Crippen LogP contribution in [0.5, 0.6) is 0 Å². The molecule has 12 heteroatoms. The maximum absolute atomic E-state index is 14.6. The Kier molecular flexibility index (Phi) is 16.5. The number of aliphatic carboxylic acids is 1. The second-order valence-electron chi connectivity index (χ2n) is 17.1. The average molecular weight is 806 g/mol. The highest BCUT2D eigenvalue weighted by atomic mass is 16.6. The molecule has 0 bridgehead atoms. The van der Waals surface area contributed by atoms with Crippen molar-refractivity contribution < 1.29 is 43.3 Å². The highest BCUT2D eigenvalue weighted by Crippen LogP contribution is 2.44. The number of benzene rings is 2. The minimum atomic E-state index is -0.986. The molecule has 1 heterocycles. The first-order valence-electron chi connectivity index (χ1n) is 20.9. The van der Waals surface area contributed by atoms with E-state index in [0.29, 0.717) is 19.4 Å². The van der Waals surface area contributed by atoms with Crippen molar-refractivity contribution in [1.29, 1.82) is 0 Å². The summed E-state index contributed by atoms with van der Waals surface area (Å²) in [5.74, 6) is -3.78. The summed E-state index contributed by atoms with van der Waals surface area (Å²) in [5, 5.41) is 9.70. The van der Waals surface area contributed by atoms with E-state index in [1.807, 2.05) is 65.8 Å². The van der Waals surface area contributed by atoms with Gasteiger partial charge in [-0.3, -0.25) is 19.2 Å². The van der Waals surface area contributed by atoms with Crippen LogP contribution in [0.1, 0.15) is 97.6 Å². The molecule has 8 atom stereocenters. The molecule has 0 radical (unpaired) electrons. The third-order valence-corrected chi connectivity index (χ3v) is 12.8. The summed E-state index contributed by atoms with van der Waals surface area (Å²) in [7, 11) is 6.31. The van der Waals surface area contributed by atoms with Crippen LogP contribution in [0.25, 0.3) is 11.1 Å². The van der Waals surface area contributed by atoms with Crippen molar-refractivity contribution in [3.63, 3.8) is 0 Å². The monoisotopic (exact) mass is 805 g/mol. The van der Waals surface area contributed by atoms with Gasteiger partial charge in [-0.15, -0.1) is 0 Å². The van der Waals surface area contributed by atoms with E-state index in [0.717, 1.165) is 28.7 Å². The third-order valence-electron chi connectivity index (χ3n) is 12.8. The largest absolute Gasteiger partial charge is 0.481 e. The number of ether oxygens (including phenoxy) is 3. The summed E-state index contributed by atoms with van der Waals surface area (Å²) >= 11 is 0. The fourth-order valence-electron chi connectivity index (χ4n) is 9.35. The molecule has 1 fully saturated rings. The van der Waals surface area contributed by atoms with Gasteiger partial charge in [-0.2, -0.15) is 0 Å². The summed E-state index contributed by atoms with van der Waals surface area (Å²) < 4.78 is 17.6. The van der Waals surface area contributed by atoms with E-state index in [2.05, 4.69) is 24.3 Å². The van der Waals surface area contributed by atoms with E-state index in [-0.39, 0.29) is 66.8 Å². The lowest BCUT2D eigenvalue weighted by molar-refractivity contribution is -0.152. The number of hydrogen-bond donors (Lipinski definition) is 1. The number of carbonyl (C=O) groups is 5. The standard InChI is InChI=1S/C46H67N3O9/c1-12-29(6)42(39(56-10)25-40(51)49-23-17-22-37(49)43(57-11)30(7)45(53)54)47(8)44(52)35(27(2)3)24-38(50)41(28(4)5)48(9)46(55)58-26-36-33-20-15-13-18-31(33)32-19-14-16-21-34(32)36/h13-16,18-21,27-30,35-37,39,41-43H,12,17,22-26H2,1-11H3,(H,53,54)/t29-,30+,35-,37-,39+,41-,42-,43+/m0/s1. The minimum Gasteiger partial charge on any atom is -0.481 e. The van der Waals surface area contributed by atoms with Crippen molar-refractivity contribution in [2.24, 2.45) is 29.6 Å². The van der Waals surface area contributed by atoms with Crippen LogP contribution in [-0.2, 0) is 33.4 Å². The molecule has 1 aliphatic carbocycles. The molecule has 0 unspecified atom stereocenters. The average Bonchev–Trinajstić information content (AvgIpc) is 3.81. The number of likely N-dealkylation sites (tertiary alicyclic amines) is 1. The van der Waals surface area contributed by atoms with Crippen molar-refractivity contribution in [2.75, 3.05) is 41.5 Å². The zero-order chi connectivity index (χ0) is 43.0. The number of carboxylic acids is 1. The van der Waals surface area contributed by atoms with Crippen molar-refractivity contribution in [3.05, 3.63) is 59.7 Å². The van der Waals surface area contributed by atoms with Crippen molar-refractivity contribution in [1.82, 2.24) is 14.7 Å². The molecule has 12 nitrogen and oxygen atoms in total. The first kappa shape index (κ1) is 46.4. The first-order chi connectivity index (χ1) is 27.5. The van der Waals surface area contributed by atoms with Crippen LogP contribution in [0.4, 0.5) is 4.79 Å². The molecule has 1 saturated heterocycles. The van der Waals surface area contributed by atoms with E-state index in [1.165, 1.54) is 19.1 Å². The number of fused-ring (bicyclic) bond motifs is 3. The zero-order valence-electron chi connectivity index (χ0n) is 36.5. The van der Waals surface area contributed by atoms with Gasteiger partial charge in [0.15, 0.2) is 5.78 Å². The van der Waals surface area contributed by atoms with E-state index >= 15 is 0 Å². The van der Waals surface area contributed by atoms with Crippen LogP contribution >= 0.6 is 0 Å². The molecule has 0 aromatic heterocycles. The fraction of sp³-hybridized carbons (Fsp3) is 0.630. The van der Waals surface area contributed by atoms with Gasteiger partial charge in [0, 0.05) is 53.1 Å². The molecule has 1 aliphatic heterocycles. The van der Waals surface area contributed by atoms with Crippen LogP contribution in [0, 0.1) is 29.6 Å². The number of methoxy groups -OCH3 is 2. The Hall–Kier alpha value is -4.29. The summed E-state index contributed by atoms with van der Waals surface area (Å²) in [6, 6.07) is 14.5. The Morgan fingerprint density at radius 2 is 1.41 bits per heavy atom. The smallest absolute Gasteiger partial charge is 0.410 e. The van der Waals surface area contributed by atoms with Gasteiger partial charge in [0.05, 0.1) is 42.7 Å². The second kappa shape index (κ2) is 20.6. The van der Waals surface area contributed by atoms with Gasteiger partial charge in [0.1, 0.15) is 6.61 Å². The number of carboxylic acid groups (broad SMARTS) is 1. The summed E-state index contributed by atoms with van der Waals surface area (Å²) in [5.41, 5.74) is 4.44. The number of carbonyl (C=O) groups excluding carboxylic acids is 4. The van der Waals surface area contributed by atoms with Gasteiger partial charge in [0.2, 0.25) is 11.8 Å². The predicted octanol–water partition coefficient (Wildman–Crippen LogP) is 7.13. The van der Waals surface area contributed by atoms with Gasteiger partial charge in [-0.05, 0) is 59.8 Å². The lowest BCUT2D eigenvalue weighted by Crippen LogP contribution is -2.54. The molecule has 0 saturated carbocycles. The minimum absolute atomic E-state index is 0.0108. The first-order valence-corrected chi connectivity index (χ1v) is 20.9. The maximum atomic E-state index is 14.6. The zero-order valence-corrected chi connectivity index (χ0v) is 36.5. The SMILES string of the molecule is CC[C@H](C)[C@@H]([C@@H](CC(=O)N1CCC[C@H]1[C@H](OC)[C@@H](C)C(=O)O)OC)N(C)C(=O)[C@@H](CC(=O)[C@H](C(C)C)N(C)C(=O)OCC1c2ccccc2-c2ccccc21)C(C)C. The van der Waals surface area contributed by atoms with Gasteiger partial charge in [0.25, 0.3) is 0 Å². The molecular formula is C46H67N3O9. The van der Waals surface area contributed by atoms with Crippen LogP contribution < -0.4 is 0 Å². The van der Waals surface area contributed by atoms with Crippen LogP contribution in [-0.4, -0.2) is 121 Å². The van der Waals surface area contributed by atoms with E-state index in [4.69, 9.17) is 14.2 Å². The molecule has 4 rings (SSSR count). The van der Waals surface area contributed by atoms with Gasteiger partial charge in [-0.1, -0.05) is 96.5 Å². The van der Waals surface area contributed by atoms with Crippen molar-refractivity contribution in [2.45, 2.75) is 117 Å². The van der Waals surface area contributed by atoms with Crippen LogP contribution in [0.15, 0.2) is 48.5 Å². The quantitative estimate of drug-likeness (QED) is 0.148. The molecule has 3 amide bonds. The van der Waals surface area contributed by atoms with Crippen molar-refractivity contribution in [3.8, 4) is 11.1 Å². The van der Waals surface area contributed by atoms with Crippen molar-refractivity contribution >= 4 is 29.7 Å². The number of hydrogen-bond acceptors (Lipinski definition) is 8. The summed E-state index contributed by atoms with van der Waals surface area (Å²) in [6.45, 7) is 13.8. The number of Topliss-reactive ketones (excluding diaryl/α,β-unsaturated/α-hetero) is 1. The van der Waals surface area contributed by atoms with Gasteiger partial charge in [-0.25, -0.2) is 4.79 Å². The van der Waals surface area contributed by atoms with Crippen LogP contribution in [0.3, 0.4) is 0 Å². The Morgan fingerprint density at radius 1 is 0.828 bits per heavy atom. The lowest BCUT2D eigenvalue weighted by Gasteiger charge is -2.41. The molecular weight excluding hydrogens is 739 g/mol. The molecule has 2 aromatic rings. The van der Waals surface area contributed by atoms with Crippen LogP contribution in [0.2, 0.25) is 0 Å². The normalized spacial score (nSPS) is 18.8. The summed E-state index contributed by atoms with van der Waals surface area (Å²) in [6.07, 6.45) is 0.0424. The Bertz CT molecular complexity index is 1700. The molecule has 320 valence electrons. The number of rotatable bonds is 20. The maximum Gasteiger partial charge on any atom is 0.410 e. The molecule has 58 heavy (non-hydrogen) atoms. The van der Waals surface area contributed by atoms with E-state index < -0.39 is 48.2 Å². The molecule has 2 aliphatic rings. The second-order valence-corrected chi connectivity index (χ2v) is 17.1. The van der Waals surface area contributed by atoms with Gasteiger partial charge >= 0.3 is 12.1 Å². The predicted molar refractivity (Wildman–Crippen MR) is 223 cm³/mol. The highest BCUT2D eigenvalue weighted by molar-refractivity contribution is 5.92. The summed E-state index contributed by atoms with van der Waals surface area (Å²) in [4.78, 5) is 73.0. The Balaban J connectivity index is 1.48. The fourth-order valence-corrected chi connectivity index (χ4v) is 9.35.